The molecule has 0 bridgehead atoms. The second kappa shape index (κ2) is 10.1. The van der Waals surface area contributed by atoms with Crippen LogP contribution in [0.15, 0.2) is 30.3 Å². The number of nitrogens with zero attached hydrogens (tertiary/aromatic N) is 1. The quantitative estimate of drug-likeness (QED) is 0.640. The van der Waals surface area contributed by atoms with Gasteiger partial charge >= 0.3 is 0 Å². The van der Waals surface area contributed by atoms with Crippen molar-refractivity contribution in [1.29, 1.82) is 0 Å². The first-order valence-corrected chi connectivity index (χ1v) is 7.26. The van der Waals surface area contributed by atoms with Gasteiger partial charge in [0.05, 0.1) is 0 Å². The highest BCUT2D eigenvalue weighted by Crippen LogP contribution is 2.02. The summed E-state index contributed by atoms with van der Waals surface area (Å²) >= 11 is 0. The molecule has 0 spiro atoms. The maximum Gasteiger partial charge on any atom is 0.00188 e. The summed E-state index contributed by atoms with van der Waals surface area (Å²) in [6, 6.07) is 10.7. The first-order valence-electron chi connectivity index (χ1n) is 7.26. The van der Waals surface area contributed by atoms with E-state index in [0.29, 0.717) is 0 Å². The van der Waals surface area contributed by atoms with Gasteiger partial charge in [-0.3, -0.25) is 0 Å². The average molecular weight is 248 g/mol. The van der Waals surface area contributed by atoms with E-state index in [9.17, 15) is 0 Å². The van der Waals surface area contributed by atoms with E-state index in [1.54, 1.807) is 0 Å². The van der Waals surface area contributed by atoms with E-state index in [0.717, 1.165) is 19.5 Å². The third kappa shape index (κ3) is 7.46. The molecule has 0 heterocycles. The molecule has 1 aromatic carbocycles. The van der Waals surface area contributed by atoms with Crippen molar-refractivity contribution in [1.82, 2.24) is 10.2 Å². The van der Waals surface area contributed by atoms with Crippen molar-refractivity contribution in [3.8, 4) is 0 Å². The SMILES string of the molecule is CCNCCCCCN(C)CCc1ccccc1. The Morgan fingerprint density at radius 1 is 1.00 bits per heavy atom. The monoisotopic (exact) mass is 248 g/mol. The number of unbranched alkanes of at least 4 members (excludes halogenated alkanes) is 2. The Labute approximate surface area is 112 Å². The van der Waals surface area contributed by atoms with E-state index in [4.69, 9.17) is 0 Å². The Kier molecular flexibility index (Phi) is 8.53. The van der Waals surface area contributed by atoms with Crippen LogP contribution in [0.4, 0.5) is 0 Å². The number of likely N-dealkylation sites (N-methyl/N-ethyl adjacent to an activating group) is 1. The molecule has 0 aliphatic rings. The van der Waals surface area contributed by atoms with Gasteiger partial charge in [0, 0.05) is 6.54 Å². The second-order valence-electron chi connectivity index (χ2n) is 4.95. The molecule has 0 aliphatic carbocycles. The summed E-state index contributed by atoms with van der Waals surface area (Å²) in [7, 11) is 2.23. The van der Waals surface area contributed by atoms with Gasteiger partial charge in [-0.05, 0) is 51.5 Å². The lowest BCUT2D eigenvalue weighted by Gasteiger charge is -2.16. The van der Waals surface area contributed by atoms with Crippen molar-refractivity contribution >= 4 is 0 Å². The fourth-order valence-corrected chi connectivity index (χ4v) is 2.06. The summed E-state index contributed by atoms with van der Waals surface area (Å²) in [6.45, 7) is 6.81. The van der Waals surface area contributed by atoms with E-state index in [1.807, 2.05) is 0 Å². The number of rotatable bonds is 10. The van der Waals surface area contributed by atoms with Crippen LogP contribution in [0.5, 0.6) is 0 Å². The first-order chi connectivity index (χ1) is 8.83. The topological polar surface area (TPSA) is 15.3 Å². The summed E-state index contributed by atoms with van der Waals surface area (Å²) in [4.78, 5) is 2.44. The summed E-state index contributed by atoms with van der Waals surface area (Å²) in [5.74, 6) is 0. The second-order valence-corrected chi connectivity index (χ2v) is 4.95. The molecule has 0 radical (unpaired) electrons. The van der Waals surface area contributed by atoms with Crippen LogP contribution in [0.1, 0.15) is 31.7 Å². The van der Waals surface area contributed by atoms with Gasteiger partial charge < -0.3 is 10.2 Å². The smallest absolute Gasteiger partial charge is 0.00188 e. The van der Waals surface area contributed by atoms with Crippen molar-refractivity contribution in [3.05, 3.63) is 35.9 Å². The Hall–Kier alpha value is -0.860. The van der Waals surface area contributed by atoms with Gasteiger partial charge in [-0.2, -0.15) is 0 Å². The molecule has 2 nitrogen and oxygen atoms in total. The predicted octanol–water partition coefficient (Wildman–Crippen LogP) is 2.94. The Morgan fingerprint density at radius 2 is 1.78 bits per heavy atom. The highest BCUT2D eigenvalue weighted by molar-refractivity contribution is 5.14. The van der Waals surface area contributed by atoms with Gasteiger partial charge in [-0.15, -0.1) is 0 Å². The fraction of sp³-hybridized carbons (Fsp3) is 0.625. The van der Waals surface area contributed by atoms with Crippen LogP contribution in [-0.2, 0) is 6.42 Å². The number of hydrogen-bond acceptors (Lipinski definition) is 2. The zero-order chi connectivity index (χ0) is 13.1. The number of hydrogen-bond donors (Lipinski definition) is 1. The first kappa shape index (κ1) is 15.2. The molecule has 0 amide bonds. The van der Waals surface area contributed by atoms with E-state index < -0.39 is 0 Å². The zero-order valence-corrected chi connectivity index (χ0v) is 12.0. The Balaban J connectivity index is 1.99. The summed E-state index contributed by atoms with van der Waals surface area (Å²) < 4.78 is 0. The maximum atomic E-state index is 3.37. The van der Waals surface area contributed by atoms with E-state index in [1.165, 1.54) is 37.9 Å². The van der Waals surface area contributed by atoms with Gasteiger partial charge in [-0.1, -0.05) is 43.7 Å². The van der Waals surface area contributed by atoms with Crippen LogP contribution in [0.2, 0.25) is 0 Å². The minimum Gasteiger partial charge on any atom is -0.317 e. The Bertz CT molecular complexity index is 284. The third-order valence-corrected chi connectivity index (χ3v) is 3.27. The average Bonchev–Trinajstić information content (AvgIpc) is 2.41. The van der Waals surface area contributed by atoms with E-state index in [2.05, 4.69) is 54.5 Å². The summed E-state index contributed by atoms with van der Waals surface area (Å²) in [5.41, 5.74) is 1.44. The molecule has 1 N–H and O–H groups in total. The predicted molar refractivity (Wildman–Crippen MR) is 80.0 cm³/mol. The number of benzene rings is 1. The molecule has 18 heavy (non-hydrogen) atoms. The van der Waals surface area contributed by atoms with Gasteiger partial charge in [0.15, 0.2) is 0 Å². The molecular formula is C16H28N2. The molecule has 2 heteroatoms. The Morgan fingerprint density at radius 3 is 2.50 bits per heavy atom. The highest BCUT2D eigenvalue weighted by Gasteiger charge is 1.99. The van der Waals surface area contributed by atoms with Crippen LogP contribution in [0, 0.1) is 0 Å². The molecule has 0 fully saturated rings. The van der Waals surface area contributed by atoms with E-state index >= 15 is 0 Å². The summed E-state index contributed by atoms with van der Waals surface area (Å²) in [6.07, 6.45) is 5.12. The van der Waals surface area contributed by atoms with Crippen LogP contribution < -0.4 is 5.32 Å². The molecule has 0 unspecified atom stereocenters. The van der Waals surface area contributed by atoms with Crippen molar-refractivity contribution in [3.63, 3.8) is 0 Å². The van der Waals surface area contributed by atoms with Crippen molar-refractivity contribution in [2.75, 3.05) is 33.2 Å². The normalized spacial score (nSPS) is 11.1. The van der Waals surface area contributed by atoms with Crippen LogP contribution in [-0.4, -0.2) is 38.1 Å². The standard InChI is InChI=1S/C16H28N2/c1-3-17-13-8-5-9-14-18(2)15-12-16-10-6-4-7-11-16/h4,6-7,10-11,17H,3,5,8-9,12-15H2,1-2H3. The fourth-order valence-electron chi connectivity index (χ4n) is 2.06. The van der Waals surface area contributed by atoms with Gasteiger partial charge in [-0.25, -0.2) is 0 Å². The molecule has 1 rings (SSSR count). The van der Waals surface area contributed by atoms with Crippen molar-refractivity contribution in [2.45, 2.75) is 32.6 Å². The summed E-state index contributed by atoms with van der Waals surface area (Å²) in [5, 5.41) is 3.37. The molecular weight excluding hydrogens is 220 g/mol. The van der Waals surface area contributed by atoms with Crippen LogP contribution >= 0.6 is 0 Å². The molecule has 0 aromatic heterocycles. The van der Waals surface area contributed by atoms with Crippen molar-refractivity contribution in [2.24, 2.45) is 0 Å². The molecule has 102 valence electrons. The minimum atomic E-state index is 1.09. The molecule has 0 aliphatic heterocycles. The lowest BCUT2D eigenvalue weighted by atomic mass is 10.1. The highest BCUT2D eigenvalue weighted by atomic mass is 15.1. The third-order valence-electron chi connectivity index (χ3n) is 3.27. The minimum absolute atomic E-state index is 1.09. The van der Waals surface area contributed by atoms with Crippen LogP contribution in [0.25, 0.3) is 0 Å². The molecule has 0 saturated carbocycles. The molecule has 0 saturated heterocycles. The van der Waals surface area contributed by atoms with E-state index in [-0.39, 0.29) is 0 Å². The van der Waals surface area contributed by atoms with Gasteiger partial charge in [0.25, 0.3) is 0 Å². The van der Waals surface area contributed by atoms with Crippen LogP contribution in [0.3, 0.4) is 0 Å². The zero-order valence-electron chi connectivity index (χ0n) is 12.0. The van der Waals surface area contributed by atoms with Gasteiger partial charge in [0.2, 0.25) is 0 Å². The lowest BCUT2D eigenvalue weighted by Crippen LogP contribution is -2.22. The van der Waals surface area contributed by atoms with Crippen molar-refractivity contribution < 1.29 is 0 Å². The number of nitrogens with one attached hydrogen (secondary N) is 1. The maximum absolute atomic E-state index is 3.37. The van der Waals surface area contributed by atoms with Gasteiger partial charge in [0.1, 0.15) is 0 Å². The molecule has 0 atom stereocenters. The lowest BCUT2D eigenvalue weighted by molar-refractivity contribution is 0.328. The molecule has 1 aromatic rings. The largest absolute Gasteiger partial charge is 0.317 e.